The SMILES string of the molecule is Cc1ccc(-c2csc(N(C)C(=O)c3ccccc3C)n2)cc1. The highest BCUT2D eigenvalue weighted by atomic mass is 32.1. The van der Waals surface area contributed by atoms with Crippen LogP contribution in [0.5, 0.6) is 0 Å². The molecule has 0 atom stereocenters. The second-order valence-corrected chi connectivity index (χ2v) is 6.40. The van der Waals surface area contributed by atoms with Gasteiger partial charge in [0.25, 0.3) is 5.91 Å². The van der Waals surface area contributed by atoms with Crippen molar-refractivity contribution in [3.63, 3.8) is 0 Å². The van der Waals surface area contributed by atoms with E-state index in [4.69, 9.17) is 0 Å². The maximum absolute atomic E-state index is 12.6. The summed E-state index contributed by atoms with van der Waals surface area (Å²) in [5.41, 5.74) is 4.86. The van der Waals surface area contributed by atoms with Crippen LogP contribution in [0.2, 0.25) is 0 Å². The molecular formula is C19H18N2OS. The molecule has 0 N–H and O–H groups in total. The Morgan fingerprint density at radius 1 is 1.04 bits per heavy atom. The molecule has 1 heterocycles. The van der Waals surface area contributed by atoms with Crippen LogP contribution in [-0.2, 0) is 0 Å². The van der Waals surface area contributed by atoms with Gasteiger partial charge in [-0.25, -0.2) is 4.98 Å². The van der Waals surface area contributed by atoms with Gasteiger partial charge in [-0.3, -0.25) is 9.69 Å². The van der Waals surface area contributed by atoms with E-state index in [-0.39, 0.29) is 5.91 Å². The number of rotatable bonds is 3. The Kier molecular flexibility index (Phi) is 4.26. The number of thiazole rings is 1. The average molecular weight is 322 g/mol. The number of aromatic nitrogens is 1. The van der Waals surface area contributed by atoms with E-state index in [0.29, 0.717) is 10.7 Å². The normalized spacial score (nSPS) is 10.6. The fourth-order valence-electron chi connectivity index (χ4n) is 2.36. The summed E-state index contributed by atoms with van der Waals surface area (Å²) >= 11 is 1.48. The van der Waals surface area contributed by atoms with Crippen LogP contribution in [0.25, 0.3) is 11.3 Å². The lowest BCUT2D eigenvalue weighted by molar-refractivity contribution is 0.0992. The van der Waals surface area contributed by atoms with E-state index in [1.807, 2.05) is 36.6 Å². The first-order valence-corrected chi connectivity index (χ1v) is 8.30. The number of hydrogen-bond acceptors (Lipinski definition) is 3. The van der Waals surface area contributed by atoms with E-state index < -0.39 is 0 Å². The summed E-state index contributed by atoms with van der Waals surface area (Å²) < 4.78 is 0. The monoisotopic (exact) mass is 322 g/mol. The molecule has 4 heteroatoms. The van der Waals surface area contributed by atoms with Gasteiger partial charge in [-0.15, -0.1) is 11.3 Å². The van der Waals surface area contributed by atoms with Crippen LogP contribution in [0.3, 0.4) is 0 Å². The smallest absolute Gasteiger partial charge is 0.260 e. The van der Waals surface area contributed by atoms with Gasteiger partial charge >= 0.3 is 0 Å². The second kappa shape index (κ2) is 6.34. The Morgan fingerprint density at radius 3 is 2.43 bits per heavy atom. The van der Waals surface area contributed by atoms with Crippen LogP contribution in [-0.4, -0.2) is 17.9 Å². The summed E-state index contributed by atoms with van der Waals surface area (Å²) in [4.78, 5) is 18.9. The van der Waals surface area contributed by atoms with Gasteiger partial charge in [-0.2, -0.15) is 0 Å². The highest BCUT2D eigenvalue weighted by Crippen LogP contribution is 2.28. The minimum absolute atomic E-state index is 0.0343. The molecule has 0 radical (unpaired) electrons. The Labute approximate surface area is 140 Å². The number of aryl methyl sites for hydroxylation is 2. The van der Waals surface area contributed by atoms with Gasteiger partial charge in [-0.05, 0) is 25.5 Å². The van der Waals surface area contributed by atoms with Crippen molar-refractivity contribution in [1.82, 2.24) is 4.98 Å². The number of anilines is 1. The molecular weight excluding hydrogens is 304 g/mol. The summed E-state index contributed by atoms with van der Waals surface area (Å²) in [7, 11) is 1.77. The fraction of sp³-hybridized carbons (Fsp3) is 0.158. The number of carbonyl (C=O) groups excluding carboxylic acids is 1. The zero-order valence-electron chi connectivity index (χ0n) is 13.4. The topological polar surface area (TPSA) is 33.2 Å². The van der Waals surface area contributed by atoms with Crippen molar-refractivity contribution < 1.29 is 4.79 Å². The number of benzene rings is 2. The molecule has 1 aromatic heterocycles. The van der Waals surface area contributed by atoms with E-state index >= 15 is 0 Å². The van der Waals surface area contributed by atoms with E-state index in [1.54, 1.807) is 11.9 Å². The molecule has 116 valence electrons. The summed E-state index contributed by atoms with van der Waals surface area (Å²) in [6, 6.07) is 15.9. The summed E-state index contributed by atoms with van der Waals surface area (Å²) in [6.45, 7) is 4.01. The van der Waals surface area contributed by atoms with Crippen molar-refractivity contribution in [2.75, 3.05) is 11.9 Å². The molecule has 2 aromatic carbocycles. The van der Waals surface area contributed by atoms with Crippen molar-refractivity contribution in [2.24, 2.45) is 0 Å². The lowest BCUT2D eigenvalue weighted by Crippen LogP contribution is -2.26. The van der Waals surface area contributed by atoms with Gasteiger partial charge in [0, 0.05) is 23.6 Å². The van der Waals surface area contributed by atoms with Crippen molar-refractivity contribution in [3.05, 3.63) is 70.6 Å². The highest BCUT2D eigenvalue weighted by Gasteiger charge is 2.18. The van der Waals surface area contributed by atoms with Crippen molar-refractivity contribution in [3.8, 4) is 11.3 Å². The third-order valence-electron chi connectivity index (χ3n) is 3.81. The van der Waals surface area contributed by atoms with Crippen LogP contribution >= 0.6 is 11.3 Å². The first kappa shape index (κ1) is 15.4. The van der Waals surface area contributed by atoms with E-state index in [2.05, 4.69) is 36.2 Å². The molecule has 3 nitrogen and oxygen atoms in total. The standard InChI is InChI=1S/C19H18N2OS/c1-13-8-10-15(11-9-13)17-12-23-19(20-17)21(3)18(22)16-7-5-4-6-14(16)2/h4-12H,1-3H3. The Hall–Kier alpha value is -2.46. The van der Waals surface area contributed by atoms with Gasteiger partial charge in [0.15, 0.2) is 5.13 Å². The van der Waals surface area contributed by atoms with E-state index in [0.717, 1.165) is 16.8 Å². The number of amides is 1. The van der Waals surface area contributed by atoms with Crippen molar-refractivity contribution >= 4 is 22.4 Å². The Balaban J connectivity index is 1.86. The van der Waals surface area contributed by atoms with Crippen LogP contribution < -0.4 is 4.90 Å². The fourth-order valence-corrected chi connectivity index (χ4v) is 3.15. The van der Waals surface area contributed by atoms with Gasteiger partial charge in [-0.1, -0.05) is 48.0 Å². The third kappa shape index (κ3) is 3.17. The molecule has 1 amide bonds. The summed E-state index contributed by atoms with van der Waals surface area (Å²) in [6.07, 6.45) is 0. The van der Waals surface area contributed by atoms with Crippen LogP contribution in [0.4, 0.5) is 5.13 Å². The molecule has 3 aromatic rings. The zero-order valence-corrected chi connectivity index (χ0v) is 14.2. The molecule has 3 rings (SSSR count). The molecule has 0 saturated carbocycles. The number of nitrogens with zero attached hydrogens (tertiary/aromatic N) is 2. The van der Waals surface area contributed by atoms with Crippen molar-refractivity contribution in [1.29, 1.82) is 0 Å². The molecule has 0 bridgehead atoms. The van der Waals surface area contributed by atoms with Crippen LogP contribution in [0.1, 0.15) is 21.5 Å². The first-order chi connectivity index (χ1) is 11.1. The van der Waals surface area contributed by atoms with Crippen LogP contribution in [0.15, 0.2) is 53.9 Å². The molecule has 0 saturated heterocycles. The molecule has 0 spiro atoms. The molecule has 0 unspecified atom stereocenters. The summed E-state index contributed by atoms with van der Waals surface area (Å²) in [5, 5.41) is 2.69. The third-order valence-corrected chi connectivity index (χ3v) is 4.72. The highest BCUT2D eigenvalue weighted by molar-refractivity contribution is 7.14. The Bertz CT molecular complexity index is 837. The minimum atomic E-state index is -0.0343. The minimum Gasteiger partial charge on any atom is -0.287 e. The maximum Gasteiger partial charge on any atom is 0.260 e. The first-order valence-electron chi connectivity index (χ1n) is 7.42. The summed E-state index contributed by atoms with van der Waals surface area (Å²) in [5.74, 6) is -0.0343. The predicted octanol–water partition coefficient (Wildman–Crippen LogP) is 4.70. The second-order valence-electron chi connectivity index (χ2n) is 5.56. The van der Waals surface area contributed by atoms with Crippen LogP contribution in [0, 0.1) is 13.8 Å². The molecule has 23 heavy (non-hydrogen) atoms. The molecule has 0 fully saturated rings. The number of hydrogen-bond donors (Lipinski definition) is 0. The lowest BCUT2D eigenvalue weighted by atomic mass is 10.1. The average Bonchev–Trinajstić information content (AvgIpc) is 3.04. The lowest BCUT2D eigenvalue weighted by Gasteiger charge is -2.15. The van der Waals surface area contributed by atoms with E-state index in [9.17, 15) is 4.79 Å². The predicted molar refractivity (Wildman–Crippen MR) is 96.2 cm³/mol. The maximum atomic E-state index is 12.6. The van der Waals surface area contributed by atoms with E-state index in [1.165, 1.54) is 16.9 Å². The molecule has 0 aliphatic carbocycles. The molecule has 0 aliphatic rings. The van der Waals surface area contributed by atoms with Gasteiger partial charge in [0.2, 0.25) is 0 Å². The quantitative estimate of drug-likeness (QED) is 0.700. The van der Waals surface area contributed by atoms with Gasteiger partial charge < -0.3 is 0 Å². The largest absolute Gasteiger partial charge is 0.287 e. The number of carbonyl (C=O) groups is 1. The Morgan fingerprint density at radius 2 is 1.74 bits per heavy atom. The van der Waals surface area contributed by atoms with Gasteiger partial charge in [0.05, 0.1) is 5.69 Å². The van der Waals surface area contributed by atoms with Crippen molar-refractivity contribution in [2.45, 2.75) is 13.8 Å². The molecule has 0 aliphatic heterocycles. The van der Waals surface area contributed by atoms with Gasteiger partial charge in [0.1, 0.15) is 0 Å². The zero-order chi connectivity index (χ0) is 16.4.